The van der Waals surface area contributed by atoms with Gasteiger partial charge in [0.05, 0.1) is 5.75 Å². The number of aromatic nitrogens is 2. The minimum Gasteiger partial charge on any atom is -0.369 e. The van der Waals surface area contributed by atoms with Crippen LogP contribution >= 0.6 is 0 Å². The van der Waals surface area contributed by atoms with Crippen LogP contribution in [-0.2, 0) is 10.0 Å². The van der Waals surface area contributed by atoms with E-state index in [1.165, 1.54) is 0 Å². The molecule has 7 nitrogen and oxygen atoms in total. The van der Waals surface area contributed by atoms with Crippen molar-refractivity contribution in [2.75, 3.05) is 36.5 Å². The molecule has 1 aromatic heterocycles. The standard InChI is InChI=1S/C9H17N5O2S/c1-3-13-17(15,16)7-6-11-8-4-5-12-9(10-2)14-8/h4-5,13H,3,6-7H2,1-2H3,(H2,10,11,12,14). The molecule has 0 spiro atoms. The summed E-state index contributed by atoms with van der Waals surface area (Å²) < 4.78 is 25.1. The first-order valence-corrected chi connectivity index (χ1v) is 6.94. The average Bonchev–Trinajstić information content (AvgIpc) is 2.29. The second-order valence-corrected chi connectivity index (χ2v) is 5.19. The first kappa shape index (κ1) is 13.7. The van der Waals surface area contributed by atoms with Crippen LogP contribution in [0.5, 0.6) is 0 Å². The summed E-state index contributed by atoms with van der Waals surface area (Å²) in [6, 6.07) is 1.68. The summed E-state index contributed by atoms with van der Waals surface area (Å²) in [7, 11) is -1.47. The Balaban J connectivity index is 2.45. The summed E-state index contributed by atoms with van der Waals surface area (Å²) in [5.74, 6) is 1.10. The van der Waals surface area contributed by atoms with E-state index in [0.29, 0.717) is 24.9 Å². The van der Waals surface area contributed by atoms with Gasteiger partial charge in [-0.3, -0.25) is 0 Å². The van der Waals surface area contributed by atoms with E-state index >= 15 is 0 Å². The summed E-state index contributed by atoms with van der Waals surface area (Å²) in [4.78, 5) is 8.06. The number of rotatable bonds is 7. The van der Waals surface area contributed by atoms with E-state index in [1.807, 2.05) is 0 Å². The van der Waals surface area contributed by atoms with Crippen molar-refractivity contribution in [2.24, 2.45) is 0 Å². The van der Waals surface area contributed by atoms with Crippen molar-refractivity contribution >= 4 is 21.8 Å². The van der Waals surface area contributed by atoms with Gasteiger partial charge < -0.3 is 10.6 Å². The molecule has 96 valence electrons. The Labute approximate surface area is 101 Å². The van der Waals surface area contributed by atoms with Gasteiger partial charge in [-0.05, 0) is 6.07 Å². The Morgan fingerprint density at radius 3 is 2.82 bits per heavy atom. The molecular weight excluding hydrogens is 242 g/mol. The zero-order valence-electron chi connectivity index (χ0n) is 9.90. The fourth-order valence-electron chi connectivity index (χ4n) is 1.18. The molecule has 1 rings (SSSR count). The van der Waals surface area contributed by atoms with Crippen LogP contribution in [0.15, 0.2) is 12.3 Å². The molecule has 0 saturated carbocycles. The van der Waals surface area contributed by atoms with E-state index in [0.717, 1.165) is 0 Å². The topological polar surface area (TPSA) is 96.0 Å². The maximum atomic E-state index is 11.3. The van der Waals surface area contributed by atoms with E-state index in [4.69, 9.17) is 0 Å². The van der Waals surface area contributed by atoms with Crippen molar-refractivity contribution in [1.82, 2.24) is 14.7 Å². The van der Waals surface area contributed by atoms with Gasteiger partial charge in [-0.2, -0.15) is 4.98 Å². The Kier molecular flexibility index (Phi) is 5.11. The Morgan fingerprint density at radius 2 is 2.18 bits per heavy atom. The van der Waals surface area contributed by atoms with E-state index in [9.17, 15) is 8.42 Å². The number of sulfonamides is 1. The van der Waals surface area contributed by atoms with Gasteiger partial charge in [-0.25, -0.2) is 18.1 Å². The van der Waals surface area contributed by atoms with Crippen LogP contribution in [-0.4, -0.2) is 44.3 Å². The summed E-state index contributed by atoms with van der Waals surface area (Å²) in [6.07, 6.45) is 1.60. The molecule has 0 radical (unpaired) electrons. The third-order valence-electron chi connectivity index (χ3n) is 1.92. The molecule has 3 N–H and O–H groups in total. The summed E-state index contributed by atoms with van der Waals surface area (Å²) in [5.41, 5.74) is 0. The molecule has 0 bridgehead atoms. The van der Waals surface area contributed by atoms with Crippen LogP contribution in [0.3, 0.4) is 0 Å². The molecule has 17 heavy (non-hydrogen) atoms. The highest BCUT2D eigenvalue weighted by molar-refractivity contribution is 7.89. The lowest BCUT2D eigenvalue weighted by Crippen LogP contribution is -2.29. The third-order valence-corrected chi connectivity index (χ3v) is 3.39. The zero-order valence-corrected chi connectivity index (χ0v) is 10.7. The zero-order chi connectivity index (χ0) is 12.7. The van der Waals surface area contributed by atoms with Gasteiger partial charge >= 0.3 is 0 Å². The lowest BCUT2D eigenvalue weighted by Gasteiger charge is -2.07. The fourth-order valence-corrected chi connectivity index (χ4v) is 2.14. The first-order valence-electron chi connectivity index (χ1n) is 5.29. The highest BCUT2D eigenvalue weighted by atomic mass is 32.2. The van der Waals surface area contributed by atoms with Gasteiger partial charge in [0, 0.05) is 26.3 Å². The van der Waals surface area contributed by atoms with E-state index in [1.54, 1.807) is 26.2 Å². The Bertz CT molecular complexity index is 448. The highest BCUT2D eigenvalue weighted by Crippen LogP contribution is 2.04. The largest absolute Gasteiger partial charge is 0.369 e. The molecule has 0 aromatic carbocycles. The minimum atomic E-state index is -3.19. The molecule has 0 saturated heterocycles. The van der Waals surface area contributed by atoms with Crippen molar-refractivity contribution in [2.45, 2.75) is 6.92 Å². The molecule has 0 aliphatic carbocycles. The molecule has 0 amide bonds. The van der Waals surface area contributed by atoms with E-state index in [2.05, 4.69) is 25.3 Å². The smallest absolute Gasteiger partial charge is 0.224 e. The molecule has 1 aromatic rings. The van der Waals surface area contributed by atoms with Crippen molar-refractivity contribution in [3.05, 3.63) is 12.3 Å². The van der Waals surface area contributed by atoms with Crippen molar-refractivity contribution in [3.63, 3.8) is 0 Å². The predicted octanol–water partition coefficient (Wildman–Crippen LogP) is -0.131. The number of hydrogen-bond donors (Lipinski definition) is 3. The number of hydrogen-bond acceptors (Lipinski definition) is 6. The molecule has 8 heteroatoms. The lowest BCUT2D eigenvalue weighted by atomic mass is 10.5. The van der Waals surface area contributed by atoms with Gasteiger partial charge in [-0.15, -0.1) is 0 Å². The molecule has 0 atom stereocenters. The number of nitrogens with one attached hydrogen (secondary N) is 3. The van der Waals surface area contributed by atoms with Gasteiger partial charge in [0.1, 0.15) is 5.82 Å². The van der Waals surface area contributed by atoms with Gasteiger partial charge in [0.2, 0.25) is 16.0 Å². The van der Waals surface area contributed by atoms with Crippen LogP contribution in [0.25, 0.3) is 0 Å². The van der Waals surface area contributed by atoms with Crippen LogP contribution < -0.4 is 15.4 Å². The average molecular weight is 259 g/mol. The van der Waals surface area contributed by atoms with Crippen LogP contribution in [0.4, 0.5) is 11.8 Å². The predicted molar refractivity (Wildman–Crippen MR) is 67.5 cm³/mol. The molecule has 0 unspecified atom stereocenters. The van der Waals surface area contributed by atoms with Crippen LogP contribution in [0.2, 0.25) is 0 Å². The maximum absolute atomic E-state index is 11.3. The minimum absolute atomic E-state index is 0.0136. The fraction of sp³-hybridized carbons (Fsp3) is 0.556. The second kappa shape index (κ2) is 6.36. The second-order valence-electron chi connectivity index (χ2n) is 3.26. The van der Waals surface area contributed by atoms with Gasteiger partial charge in [-0.1, -0.05) is 6.92 Å². The van der Waals surface area contributed by atoms with E-state index < -0.39 is 10.0 Å². The highest BCUT2D eigenvalue weighted by Gasteiger charge is 2.07. The molecular formula is C9H17N5O2S. The number of nitrogens with zero attached hydrogens (tertiary/aromatic N) is 2. The quantitative estimate of drug-likeness (QED) is 0.631. The van der Waals surface area contributed by atoms with Crippen molar-refractivity contribution in [1.29, 1.82) is 0 Å². The SMILES string of the molecule is CCNS(=O)(=O)CCNc1ccnc(NC)n1. The van der Waals surface area contributed by atoms with Crippen molar-refractivity contribution < 1.29 is 8.42 Å². The molecule has 0 fully saturated rings. The van der Waals surface area contributed by atoms with Gasteiger partial charge in [0.25, 0.3) is 0 Å². The maximum Gasteiger partial charge on any atom is 0.224 e. The number of anilines is 2. The van der Waals surface area contributed by atoms with Gasteiger partial charge in [0.15, 0.2) is 0 Å². The van der Waals surface area contributed by atoms with Crippen LogP contribution in [0.1, 0.15) is 6.92 Å². The van der Waals surface area contributed by atoms with E-state index in [-0.39, 0.29) is 5.75 Å². The summed E-state index contributed by atoms with van der Waals surface area (Å²) in [5, 5.41) is 5.73. The Morgan fingerprint density at radius 1 is 1.41 bits per heavy atom. The van der Waals surface area contributed by atoms with Crippen LogP contribution in [0, 0.1) is 0 Å². The molecule has 0 aliphatic heterocycles. The monoisotopic (exact) mass is 259 g/mol. The van der Waals surface area contributed by atoms with Crippen molar-refractivity contribution in [3.8, 4) is 0 Å². The Hall–Kier alpha value is -1.41. The summed E-state index contributed by atoms with van der Waals surface area (Å²) >= 11 is 0. The molecule has 0 aliphatic rings. The first-order chi connectivity index (χ1) is 8.07. The normalized spacial score (nSPS) is 11.2. The lowest BCUT2D eigenvalue weighted by molar-refractivity contribution is 0.584. The third kappa shape index (κ3) is 4.96. The molecule has 1 heterocycles. The summed E-state index contributed by atoms with van der Waals surface area (Å²) in [6.45, 7) is 2.45.